The number of hydrogen-bond acceptors (Lipinski definition) is 5. The predicted molar refractivity (Wildman–Crippen MR) is 282 cm³/mol. The third-order valence-electron chi connectivity index (χ3n) is 13.3. The van der Waals surface area contributed by atoms with Crippen molar-refractivity contribution in [1.82, 2.24) is 5.32 Å². The topological polar surface area (TPSA) is 95.9 Å². The molecular formula is C59H111NO5. The van der Waals surface area contributed by atoms with Crippen LogP contribution in [0, 0.1) is 0 Å². The Morgan fingerprint density at radius 2 is 0.831 bits per heavy atom. The molecule has 0 fully saturated rings. The number of unbranched alkanes of at least 4 members (excludes halogenated alkanes) is 36. The maximum absolute atomic E-state index is 13.2. The molecule has 0 radical (unpaired) electrons. The molecule has 1 amide bonds. The average Bonchev–Trinajstić information content (AvgIpc) is 3.30. The molecule has 0 rings (SSSR count). The van der Waals surface area contributed by atoms with E-state index in [1.54, 1.807) is 0 Å². The minimum absolute atomic E-state index is 0.0682. The van der Waals surface area contributed by atoms with Gasteiger partial charge < -0.3 is 20.3 Å². The number of amides is 1. The van der Waals surface area contributed by atoms with Crippen molar-refractivity contribution in [3.8, 4) is 0 Å². The number of carbonyl (C=O) groups is 2. The Bertz CT molecular complexity index is 1070. The van der Waals surface area contributed by atoms with Gasteiger partial charge in [-0.3, -0.25) is 9.59 Å². The van der Waals surface area contributed by atoms with E-state index >= 15 is 0 Å². The van der Waals surface area contributed by atoms with Gasteiger partial charge in [0.25, 0.3) is 0 Å². The second-order valence-corrected chi connectivity index (χ2v) is 19.7. The Kier molecular flexibility index (Phi) is 51.5. The van der Waals surface area contributed by atoms with E-state index in [2.05, 4.69) is 62.5 Å². The Balaban J connectivity index is 4.48. The van der Waals surface area contributed by atoms with E-state index in [1.807, 2.05) is 0 Å². The van der Waals surface area contributed by atoms with E-state index in [4.69, 9.17) is 4.74 Å². The number of hydrogen-bond donors (Lipinski definition) is 3. The van der Waals surface area contributed by atoms with Gasteiger partial charge in [0, 0.05) is 6.42 Å². The van der Waals surface area contributed by atoms with E-state index in [9.17, 15) is 19.8 Å². The molecule has 0 bridgehead atoms. The van der Waals surface area contributed by atoms with Gasteiger partial charge in [0.1, 0.15) is 6.10 Å². The van der Waals surface area contributed by atoms with E-state index in [-0.39, 0.29) is 24.9 Å². The maximum Gasteiger partial charge on any atom is 0.306 e. The lowest BCUT2D eigenvalue weighted by molar-refractivity contribution is -0.151. The van der Waals surface area contributed by atoms with E-state index in [0.29, 0.717) is 19.3 Å². The minimum Gasteiger partial charge on any atom is -0.462 e. The van der Waals surface area contributed by atoms with E-state index < -0.39 is 18.2 Å². The number of allylic oxidation sites excluding steroid dienone is 6. The normalized spacial score (nSPS) is 13.4. The lowest BCUT2D eigenvalue weighted by Gasteiger charge is -2.24. The Labute approximate surface area is 404 Å². The van der Waals surface area contributed by atoms with Gasteiger partial charge in [0.05, 0.1) is 25.2 Å². The van der Waals surface area contributed by atoms with Gasteiger partial charge in [-0.2, -0.15) is 0 Å². The van der Waals surface area contributed by atoms with Crippen LogP contribution in [0.25, 0.3) is 0 Å². The minimum atomic E-state index is -0.791. The van der Waals surface area contributed by atoms with Gasteiger partial charge in [0.2, 0.25) is 5.91 Å². The van der Waals surface area contributed by atoms with Crippen LogP contribution in [-0.4, -0.2) is 46.9 Å². The molecule has 65 heavy (non-hydrogen) atoms. The molecule has 0 aromatic rings. The summed E-state index contributed by atoms with van der Waals surface area (Å²) < 4.78 is 5.95. The highest BCUT2D eigenvalue weighted by Crippen LogP contribution is 2.19. The molecule has 0 heterocycles. The summed E-state index contributed by atoms with van der Waals surface area (Å²) in [5.74, 6) is -0.478. The van der Waals surface area contributed by atoms with Gasteiger partial charge in [0.15, 0.2) is 0 Å². The van der Waals surface area contributed by atoms with Crippen LogP contribution in [0.4, 0.5) is 0 Å². The standard InChI is InChI=1S/C59H111NO5/c1-4-7-10-13-16-19-22-25-27-28-29-30-31-34-37-40-43-46-49-52-59(64)65-55(50-47-44-41-38-35-32-24-21-18-15-12-9-6-3)53-58(63)60-56(54-61)57(62)51-48-45-42-39-36-33-26-23-20-17-14-11-8-5-2/h9,12,15,18,21,24,55-57,61-62H,4-8,10-11,13-14,16-17,19-20,22-23,25-54H2,1-3H3,(H,60,63)/b12-9+,18-15+,24-21+. The molecule has 0 saturated heterocycles. The first-order valence-electron chi connectivity index (χ1n) is 28.7. The fourth-order valence-corrected chi connectivity index (χ4v) is 8.96. The van der Waals surface area contributed by atoms with Crippen LogP contribution in [0.5, 0.6) is 0 Å². The molecule has 0 aliphatic carbocycles. The third-order valence-corrected chi connectivity index (χ3v) is 13.3. The van der Waals surface area contributed by atoms with Crippen molar-refractivity contribution in [2.75, 3.05) is 6.61 Å². The Morgan fingerprint density at radius 3 is 1.25 bits per heavy atom. The second kappa shape index (κ2) is 53.0. The molecule has 0 spiro atoms. The van der Waals surface area contributed by atoms with Gasteiger partial charge >= 0.3 is 5.97 Å². The first kappa shape index (κ1) is 63.1. The van der Waals surface area contributed by atoms with Crippen molar-refractivity contribution in [3.63, 3.8) is 0 Å². The lowest BCUT2D eigenvalue weighted by atomic mass is 10.0. The molecule has 382 valence electrons. The van der Waals surface area contributed by atoms with Crippen LogP contribution in [0.3, 0.4) is 0 Å². The van der Waals surface area contributed by atoms with Crippen molar-refractivity contribution in [1.29, 1.82) is 0 Å². The van der Waals surface area contributed by atoms with Crippen molar-refractivity contribution in [3.05, 3.63) is 36.5 Å². The van der Waals surface area contributed by atoms with Crippen LogP contribution in [-0.2, 0) is 14.3 Å². The number of nitrogens with one attached hydrogen (secondary N) is 1. The summed E-state index contributed by atoms with van der Waals surface area (Å²) in [5, 5.41) is 23.8. The van der Waals surface area contributed by atoms with Crippen LogP contribution in [0.1, 0.15) is 303 Å². The van der Waals surface area contributed by atoms with Crippen LogP contribution in [0.2, 0.25) is 0 Å². The average molecular weight is 915 g/mol. The number of aliphatic hydroxyl groups excluding tert-OH is 2. The van der Waals surface area contributed by atoms with Crippen LogP contribution >= 0.6 is 0 Å². The van der Waals surface area contributed by atoms with E-state index in [0.717, 1.165) is 83.5 Å². The first-order valence-corrected chi connectivity index (χ1v) is 28.7. The summed E-state index contributed by atoms with van der Waals surface area (Å²) in [4.78, 5) is 26.2. The largest absolute Gasteiger partial charge is 0.462 e. The highest BCUT2D eigenvalue weighted by Gasteiger charge is 2.24. The third kappa shape index (κ3) is 48.3. The van der Waals surface area contributed by atoms with E-state index in [1.165, 1.54) is 173 Å². The molecule has 6 heteroatoms. The Hall–Kier alpha value is -1.92. The zero-order valence-electron chi connectivity index (χ0n) is 43.6. The molecule has 0 aliphatic heterocycles. The SMILES string of the molecule is CC/C=C/C=C/C=C/CCCCCCCC(CC(=O)NC(CO)C(O)CCCCCCCCCCCCCCCC)OC(=O)CCCCCCCCCCCCCCCCCCCCC. The molecule has 3 unspecified atom stereocenters. The highest BCUT2D eigenvalue weighted by molar-refractivity contribution is 5.77. The molecule has 0 aliphatic rings. The molecule has 0 aromatic heterocycles. The van der Waals surface area contributed by atoms with Gasteiger partial charge in [-0.1, -0.05) is 282 Å². The summed E-state index contributed by atoms with van der Waals surface area (Å²) in [6.07, 6.45) is 63.6. The highest BCUT2D eigenvalue weighted by atomic mass is 16.5. The fraction of sp³-hybridized carbons (Fsp3) is 0.864. The maximum atomic E-state index is 13.2. The molecule has 0 aromatic carbocycles. The quantitative estimate of drug-likeness (QED) is 0.0321. The van der Waals surface area contributed by atoms with Gasteiger partial charge in [-0.25, -0.2) is 0 Å². The number of aliphatic hydroxyl groups is 2. The zero-order chi connectivity index (χ0) is 47.4. The number of rotatable bonds is 52. The summed E-state index contributed by atoms with van der Waals surface area (Å²) in [6.45, 7) is 6.38. The molecule has 6 nitrogen and oxygen atoms in total. The fourth-order valence-electron chi connectivity index (χ4n) is 8.96. The van der Waals surface area contributed by atoms with Crippen LogP contribution < -0.4 is 5.32 Å². The predicted octanol–water partition coefficient (Wildman–Crippen LogP) is 17.6. The summed E-state index contributed by atoms with van der Waals surface area (Å²) in [5.41, 5.74) is 0. The second-order valence-electron chi connectivity index (χ2n) is 19.7. The van der Waals surface area contributed by atoms with Crippen molar-refractivity contribution in [2.24, 2.45) is 0 Å². The smallest absolute Gasteiger partial charge is 0.306 e. The molecule has 0 saturated carbocycles. The summed E-state index contributed by atoms with van der Waals surface area (Å²) in [6, 6.07) is -0.706. The first-order chi connectivity index (χ1) is 32.0. The zero-order valence-corrected chi connectivity index (χ0v) is 43.6. The monoisotopic (exact) mass is 914 g/mol. The van der Waals surface area contributed by atoms with Crippen molar-refractivity contribution in [2.45, 2.75) is 322 Å². The Morgan fingerprint density at radius 1 is 0.462 bits per heavy atom. The summed E-state index contributed by atoms with van der Waals surface area (Å²) in [7, 11) is 0. The molecule has 3 N–H and O–H groups in total. The molecular weight excluding hydrogens is 803 g/mol. The molecule has 3 atom stereocenters. The number of carbonyl (C=O) groups excluding carboxylic acids is 2. The van der Waals surface area contributed by atoms with Crippen LogP contribution in [0.15, 0.2) is 36.5 Å². The number of ether oxygens (including phenoxy) is 1. The number of esters is 1. The summed E-state index contributed by atoms with van der Waals surface area (Å²) >= 11 is 0. The van der Waals surface area contributed by atoms with Gasteiger partial charge in [-0.05, 0) is 44.9 Å². The van der Waals surface area contributed by atoms with Crippen molar-refractivity contribution < 1.29 is 24.5 Å². The van der Waals surface area contributed by atoms with Gasteiger partial charge in [-0.15, -0.1) is 0 Å². The van der Waals surface area contributed by atoms with Crippen molar-refractivity contribution >= 4 is 11.9 Å². The lowest BCUT2D eigenvalue weighted by Crippen LogP contribution is -2.46.